The Labute approximate surface area is 169 Å². The minimum atomic E-state index is -0.391. The summed E-state index contributed by atoms with van der Waals surface area (Å²) < 4.78 is 30.9. The van der Waals surface area contributed by atoms with Gasteiger partial charge in [0.05, 0.1) is 23.9 Å². The van der Waals surface area contributed by atoms with E-state index < -0.39 is 5.82 Å². The summed E-state index contributed by atoms with van der Waals surface area (Å²) in [6, 6.07) is 14.2. The fourth-order valence-corrected chi connectivity index (χ4v) is 3.00. The molecule has 0 aliphatic heterocycles. The molecule has 3 rings (SSSR count). The predicted octanol–water partition coefficient (Wildman–Crippen LogP) is 5.90. The van der Waals surface area contributed by atoms with Crippen molar-refractivity contribution in [1.29, 1.82) is 0 Å². The van der Waals surface area contributed by atoms with E-state index in [-0.39, 0.29) is 12.6 Å². The van der Waals surface area contributed by atoms with Gasteiger partial charge in [-0.1, -0.05) is 23.7 Å². The van der Waals surface area contributed by atoms with E-state index in [1.807, 2.05) is 44.2 Å². The third-order valence-electron chi connectivity index (χ3n) is 4.32. The standard InChI is InChI=1S/C22H23ClFNO3/c1-3-26-22-12-16(13-25-15(2)20-8-5-11-27-20)9-10-21(22)28-14-17-18(23)6-4-7-19(17)24/h4-12,15,25H,3,13-14H2,1-2H3/t15-/m1/s1. The SMILES string of the molecule is CCOc1cc(CN[C@H](C)c2ccco2)ccc1OCc1c(F)cccc1Cl. The maximum absolute atomic E-state index is 13.9. The summed E-state index contributed by atoms with van der Waals surface area (Å²) in [6.45, 7) is 5.11. The van der Waals surface area contributed by atoms with Gasteiger partial charge in [-0.25, -0.2) is 4.39 Å². The monoisotopic (exact) mass is 403 g/mol. The molecule has 0 unspecified atom stereocenters. The fourth-order valence-electron chi connectivity index (χ4n) is 2.78. The predicted molar refractivity (Wildman–Crippen MR) is 107 cm³/mol. The molecule has 1 heterocycles. The molecule has 0 saturated carbocycles. The Morgan fingerprint density at radius 3 is 2.68 bits per heavy atom. The van der Waals surface area contributed by atoms with Crippen molar-refractivity contribution < 1.29 is 18.3 Å². The summed E-state index contributed by atoms with van der Waals surface area (Å²) in [5.74, 6) is 1.65. The lowest BCUT2D eigenvalue weighted by Gasteiger charge is -2.16. The minimum Gasteiger partial charge on any atom is -0.490 e. The van der Waals surface area contributed by atoms with Crippen LogP contribution in [-0.4, -0.2) is 6.61 Å². The highest BCUT2D eigenvalue weighted by atomic mass is 35.5. The molecule has 1 N–H and O–H groups in total. The van der Waals surface area contributed by atoms with Crippen molar-refractivity contribution in [1.82, 2.24) is 5.32 Å². The van der Waals surface area contributed by atoms with Gasteiger partial charge in [0.25, 0.3) is 0 Å². The Hall–Kier alpha value is -2.50. The van der Waals surface area contributed by atoms with Crippen LogP contribution in [0.1, 0.15) is 36.8 Å². The first-order chi connectivity index (χ1) is 13.6. The second kappa shape index (κ2) is 9.62. The second-order valence-electron chi connectivity index (χ2n) is 6.32. The minimum absolute atomic E-state index is 0.0265. The third kappa shape index (κ3) is 5.06. The number of rotatable bonds is 9. The molecule has 6 heteroatoms. The molecular formula is C22H23ClFNO3. The smallest absolute Gasteiger partial charge is 0.161 e. The van der Waals surface area contributed by atoms with Crippen molar-refractivity contribution in [2.24, 2.45) is 0 Å². The van der Waals surface area contributed by atoms with E-state index in [9.17, 15) is 4.39 Å². The van der Waals surface area contributed by atoms with E-state index in [0.717, 1.165) is 11.3 Å². The van der Waals surface area contributed by atoms with Gasteiger partial charge in [0, 0.05) is 12.1 Å². The van der Waals surface area contributed by atoms with Crippen LogP contribution in [0.15, 0.2) is 59.2 Å². The average Bonchev–Trinajstić information content (AvgIpc) is 3.22. The highest BCUT2D eigenvalue weighted by molar-refractivity contribution is 6.31. The van der Waals surface area contributed by atoms with Crippen LogP contribution in [0.4, 0.5) is 4.39 Å². The van der Waals surface area contributed by atoms with Crippen LogP contribution in [0.3, 0.4) is 0 Å². The maximum atomic E-state index is 13.9. The van der Waals surface area contributed by atoms with Crippen LogP contribution >= 0.6 is 11.6 Å². The Balaban J connectivity index is 1.68. The first kappa shape index (κ1) is 20.2. The first-order valence-corrected chi connectivity index (χ1v) is 9.54. The summed E-state index contributed by atoms with van der Waals surface area (Å²) in [5.41, 5.74) is 1.36. The number of halogens is 2. The number of nitrogens with one attached hydrogen (secondary N) is 1. The number of hydrogen-bond donors (Lipinski definition) is 1. The number of benzene rings is 2. The van der Waals surface area contributed by atoms with Crippen molar-refractivity contribution in [3.05, 3.63) is 82.5 Å². The van der Waals surface area contributed by atoms with Crippen molar-refractivity contribution >= 4 is 11.6 Å². The number of ether oxygens (including phenoxy) is 2. The average molecular weight is 404 g/mol. The first-order valence-electron chi connectivity index (χ1n) is 9.16. The highest BCUT2D eigenvalue weighted by Gasteiger charge is 2.12. The zero-order chi connectivity index (χ0) is 19.9. The fraction of sp³-hybridized carbons (Fsp3) is 0.273. The topological polar surface area (TPSA) is 43.6 Å². The zero-order valence-electron chi connectivity index (χ0n) is 15.9. The zero-order valence-corrected chi connectivity index (χ0v) is 16.6. The quantitative estimate of drug-likeness (QED) is 0.483. The van der Waals surface area contributed by atoms with E-state index in [1.54, 1.807) is 18.4 Å². The van der Waals surface area contributed by atoms with Crippen molar-refractivity contribution in [3.63, 3.8) is 0 Å². The molecule has 0 aliphatic carbocycles. The van der Waals surface area contributed by atoms with Gasteiger partial charge in [0.2, 0.25) is 0 Å². The van der Waals surface area contributed by atoms with Crippen molar-refractivity contribution in [2.75, 3.05) is 6.61 Å². The molecular weight excluding hydrogens is 381 g/mol. The molecule has 1 aromatic heterocycles. The van der Waals surface area contributed by atoms with Crippen LogP contribution in [0, 0.1) is 5.82 Å². The van der Waals surface area contributed by atoms with Gasteiger partial charge < -0.3 is 19.2 Å². The molecule has 148 valence electrons. The maximum Gasteiger partial charge on any atom is 0.161 e. The van der Waals surface area contributed by atoms with Gasteiger partial charge in [-0.15, -0.1) is 0 Å². The largest absolute Gasteiger partial charge is 0.490 e. The molecule has 1 atom stereocenters. The van der Waals surface area contributed by atoms with Crippen molar-refractivity contribution in [2.45, 2.75) is 33.0 Å². The van der Waals surface area contributed by atoms with E-state index in [2.05, 4.69) is 5.32 Å². The van der Waals surface area contributed by atoms with Gasteiger partial charge in [-0.3, -0.25) is 0 Å². The molecule has 2 aromatic carbocycles. The van der Waals surface area contributed by atoms with E-state index >= 15 is 0 Å². The summed E-state index contributed by atoms with van der Waals surface area (Å²) in [5, 5.41) is 3.74. The van der Waals surface area contributed by atoms with Gasteiger partial charge in [0.1, 0.15) is 18.2 Å². The van der Waals surface area contributed by atoms with Crippen LogP contribution in [0.2, 0.25) is 5.02 Å². The van der Waals surface area contributed by atoms with E-state index in [1.165, 1.54) is 6.07 Å². The van der Waals surface area contributed by atoms with Gasteiger partial charge in [-0.2, -0.15) is 0 Å². The van der Waals surface area contributed by atoms with Gasteiger partial charge in [-0.05, 0) is 55.8 Å². The molecule has 0 spiro atoms. The van der Waals surface area contributed by atoms with Crippen LogP contribution in [-0.2, 0) is 13.2 Å². The Bertz CT molecular complexity index is 879. The highest BCUT2D eigenvalue weighted by Crippen LogP contribution is 2.31. The molecule has 0 amide bonds. The van der Waals surface area contributed by atoms with Crippen LogP contribution < -0.4 is 14.8 Å². The lowest BCUT2D eigenvalue weighted by atomic mass is 10.1. The summed E-state index contributed by atoms with van der Waals surface area (Å²) in [4.78, 5) is 0. The molecule has 0 bridgehead atoms. The number of hydrogen-bond acceptors (Lipinski definition) is 4. The molecule has 0 fully saturated rings. The lowest BCUT2D eigenvalue weighted by Crippen LogP contribution is -2.17. The van der Waals surface area contributed by atoms with Crippen molar-refractivity contribution in [3.8, 4) is 11.5 Å². The molecule has 28 heavy (non-hydrogen) atoms. The Morgan fingerprint density at radius 2 is 1.96 bits per heavy atom. The molecule has 3 aromatic rings. The van der Waals surface area contributed by atoms with Gasteiger partial charge >= 0.3 is 0 Å². The normalized spacial score (nSPS) is 12.0. The second-order valence-corrected chi connectivity index (χ2v) is 6.73. The lowest BCUT2D eigenvalue weighted by molar-refractivity contribution is 0.265. The molecule has 0 aliphatic rings. The molecule has 0 saturated heterocycles. The Morgan fingerprint density at radius 1 is 1.11 bits per heavy atom. The molecule has 4 nitrogen and oxygen atoms in total. The Kier molecular flexibility index (Phi) is 6.95. The van der Waals surface area contributed by atoms with Gasteiger partial charge in [0.15, 0.2) is 11.5 Å². The summed E-state index contributed by atoms with van der Waals surface area (Å²) in [6.07, 6.45) is 1.66. The molecule has 0 radical (unpaired) electrons. The van der Waals surface area contributed by atoms with E-state index in [4.69, 9.17) is 25.5 Å². The summed E-state index contributed by atoms with van der Waals surface area (Å²) in [7, 11) is 0. The van der Waals surface area contributed by atoms with Crippen LogP contribution in [0.25, 0.3) is 0 Å². The van der Waals surface area contributed by atoms with E-state index in [0.29, 0.717) is 35.2 Å². The third-order valence-corrected chi connectivity index (χ3v) is 4.68. The number of furan rings is 1. The van der Waals surface area contributed by atoms with Crippen LogP contribution in [0.5, 0.6) is 11.5 Å². The summed E-state index contributed by atoms with van der Waals surface area (Å²) >= 11 is 6.07.